The first kappa shape index (κ1) is 24.0. The van der Waals surface area contributed by atoms with Crippen molar-refractivity contribution < 1.29 is 23.1 Å². The molecule has 0 spiro atoms. The fraction of sp³-hybridized carbons (Fsp3) is 0.0870. The number of sulfonamides is 1. The smallest absolute Gasteiger partial charge is 0.336 e. The van der Waals surface area contributed by atoms with Crippen molar-refractivity contribution in [2.45, 2.75) is 11.8 Å². The number of benzene rings is 3. The minimum atomic E-state index is -4.09. The van der Waals surface area contributed by atoms with Crippen LogP contribution in [0.4, 0.5) is 5.69 Å². The first-order chi connectivity index (χ1) is 15.7. The van der Waals surface area contributed by atoms with Crippen LogP contribution in [0, 0.1) is 6.92 Å². The highest BCUT2D eigenvalue weighted by Crippen LogP contribution is 2.25. The number of rotatable bonds is 8. The standard InChI is InChI=1S/C23H20ClN3O5S/c1-16-6-10-19(11-7-16)27(33(31,32)20-12-8-18(24)9-13-20)15-22(28)26-25-14-17-4-2-3-5-21(17)23(29)30/h2-14H,15H2,1H3,(H,26,28)(H,29,30)/b25-14-. The molecule has 10 heteroatoms. The number of carboxylic acid groups (broad SMARTS) is 1. The van der Waals surface area contributed by atoms with Crippen molar-refractivity contribution in [3.8, 4) is 0 Å². The molecule has 0 saturated carbocycles. The van der Waals surface area contributed by atoms with E-state index in [9.17, 15) is 23.1 Å². The molecule has 0 aliphatic heterocycles. The summed E-state index contributed by atoms with van der Waals surface area (Å²) in [7, 11) is -4.09. The number of hydrazone groups is 1. The van der Waals surface area contributed by atoms with Crippen LogP contribution in [-0.4, -0.2) is 38.2 Å². The molecule has 0 aliphatic rings. The zero-order chi connectivity index (χ0) is 24.0. The van der Waals surface area contributed by atoms with E-state index >= 15 is 0 Å². The number of carbonyl (C=O) groups is 2. The van der Waals surface area contributed by atoms with Gasteiger partial charge < -0.3 is 5.11 Å². The molecule has 3 aromatic rings. The Morgan fingerprint density at radius 1 is 1.03 bits per heavy atom. The number of anilines is 1. The van der Waals surface area contributed by atoms with Crippen molar-refractivity contribution in [2.75, 3.05) is 10.8 Å². The van der Waals surface area contributed by atoms with E-state index in [0.717, 1.165) is 9.87 Å². The van der Waals surface area contributed by atoms with Gasteiger partial charge in [-0.15, -0.1) is 0 Å². The maximum absolute atomic E-state index is 13.3. The summed E-state index contributed by atoms with van der Waals surface area (Å²) >= 11 is 5.87. The quantitative estimate of drug-likeness (QED) is 0.373. The maximum atomic E-state index is 13.3. The summed E-state index contributed by atoms with van der Waals surface area (Å²) < 4.78 is 27.5. The van der Waals surface area contributed by atoms with Crippen molar-refractivity contribution >= 4 is 45.4 Å². The van der Waals surface area contributed by atoms with E-state index in [2.05, 4.69) is 10.5 Å². The van der Waals surface area contributed by atoms with E-state index in [0.29, 0.717) is 10.7 Å². The van der Waals surface area contributed by atoms with Gasteiger partial charge in [0.2, 0.25) is 0 Å². The van der Waals surface area contributed by atoms with Gasteiger partial charge in [-0.3, -0.25) is 9.10 Å². The normalized spacial score (nSPS) is 11.3. The topological polar surface area (TPSA) is 116 Å². The van der Waals surface area contributed by atoms with Crippen LogP contribution >= 0.6 is 11.6 Å². The van der Waals surface area contributed by atoms with Crippen molar-refractivity contribution in [3.05, 3.63) is 94.5 Å². The van der Waals surface area contributed by atoms with E-state index in [-0.39, 0.29) is 16.0 Å². The summed E-state index contributed by atoms with van der Waals surface area (Å²) in [6.45, 7) is 1.31. The second-order valence-electron chi connectivity index (χ2n) is 6.99. The second-order valence-corrected chi connectivity index (χ2v) is 9.29. The molecule has 33 heavy (non-hydrogen) atoms. The van der Waals surface area contributed by atoms with Crippen LogP contribution < -0.4 is 9.73 Å². The number of amides is 1. The number of aryl methyl sites for hydroxylation is 1. The average molecular weight is 486 g/mol. The molecule has 0 radical (unpaired) electrons. The van der Waals surface area contributed by atoms with Crippen molar-refractivity contribution in [1.29, 1.82) is 0 Å². The van der Waals surface area contributed by atoms with Gasteiger partial charge >= 0.3 is 5.97 Å². The second kappa shape index (κ2) is 10.3. The number of carbonyl (C=O) groups excluding carboxylic acids is 1. The fourth-order valence-electron chi connectivity index (χ4n) is 2.90. The van der Waals surface area contributed by atoms with Crippen LogP contribution in [0.5, 0.6) is 0 Å². The number of hydrogen-bond donors (Lipinski definition) is 2. The Morgan fingerprint density at radius 3 is 2.30 bits per heavy atom. The zero-order valence-electron chi connectivity index (χ0n) is 17.5. The number of nitrogens with one attached hydrogen (secondary N) is 1. The maximum Gasteiger partial charge on any atom is 0.336 e. The van der Waals surface area contributed by atoms with Gasteiger partial charge in [0, 0.05) is 10.6 Å². The zero-order valence-corrected chi connectivity index (χ0v) is 19.0. The lowest BCUT2D eigenvalue weighted by atomic mass is 10.1. The van der Waals surface area contributed by atoms with Crippen LogP contribution in [-0.2, 0) is 14.8 Å². The summed E-state index contributed by atoms with van der Waals surface area (Å²) in [6, 6.07) is 18.4. The molecule has 0 saturated heterocycles. The van der Waals surface area contributed by atoms with E-state index in [4.69, 9.17) is 11.6 Å². The number of aromatic carboxylic acids is 1. The van der Waals surface area contributed by atoms with Gasteiger partial charge in [-0.05, 0) is 49.4 Å². The predicted molar refractivity (Wildman–Crippen MR) is 126 cm³/mol. The molecule has 0 bridgehead atoms. The lowest BCUT2D eigenvalue weighted by Gasteiger charge is -2.23. The molecule has 2 N–H and O–H groups in total. The predicted octanol–water partition coefficient (Wildman–Crippen LogP) is 3.69. The number of hydrogen-bond acceptors (Lipinski definition) is 5. The third kappa shape index (κ3) is 5.97. The van der Waals surface area contributed by atoms with Gasteiger partial charge in [0.05, 0.1) is 22.4 Å². The molecule has 3 aromatic carbocycles. The van der Waals surface area contributed by atoms with E-state index in [1.807, 2.05) is 6.92 Å². The molecule has 0 heterocycles. The van der Waals surface area contributed by atoms with Crippen molar-refractivity contribution in [3.63, 3.8) is 0 Å². The molecule has 0 atom stereocenters. The van der Waals surface area contributed by atoms with Crippen LogP contribution in [0.2, 0.25) is 5.02 Å². The van der Waals surface area contributed by atoms with Crippen molar-refractivity contribution in [1.82, 2.24) is 5.43 Å². The molecule has 0 aromatic heterocycles. The Balaban J connectivity index is 1.85. The van der Waals surface area contributed by atoms with Crippen LogP contribution in [0.15, 0.2) is 82.8 Å². The van der Waals surface area contributed by atoms with Gasteiger partial charge in [0.1, 0.15) is 6.54 Å². The fourth-order valence-corrected chi connectivity index (χ4v) is 4.45. The van der Waals surface area contributed by atoms with Crippen LogP contribution in [0.1, 0.15) is 21.5 Å². The van der Waals surface area contributed by atoms with E-state index in [1.165, 1.54) is 42.6 Å². The summed E-state index contributed by atoms with van der Waals surface area (Å²) in [6.07, 6.45) is 1.19. The molecule has 8 nitrogen and oxygen atoms in total. The first-order valence-corrected chi connectivity index (χ1v) is 11.5. The van der Waals surface area contributed by atoms with E-state index in [1.54, 1.807) is 36.4 Å². The number of carboxylic acids is 1. The monoisotopic (exact) mass is 485 g/mol. The summed E-state index contributed by atoms with van der Waals surface area (Å²) in [5.41, 5.74) is 3.78. The van der Waals surface area contributed by atoms with Gasteiger partial charge in [-0.1, -0.05) is 47.5 Å². The molecule has 170 valence electrons. The summed E-state index contributed by atoms with van der Waals surface area (Å²) in [5.74, 6) is -1.85. The largest absolute Gasteiger partial charge is 0.478 e. The highest BCUT2D eigenvalue weighted by Gasteiger charge is 2.27. The Bertz CT molecular complexity index is 1290. The molecule has 0 unspecified atom stereocenters. The highest BCUT2D eigenvalue weighted by atomic mass is 35.5. The molecular formula is C23H20ClN3O5S. The minimum Gasteiger partial charge on any atom is -0.478 e. The van der Waals surface area contributed by atoms with E-state index < -0.39 is 28.4 Å². The van der Waals surface area contributed by atoms with Crippen molar-refractivity contribution in [2.24, 2.45) is 5.10 Å². The number of nitrogens with zero attached hydrogens (tertiary/aromatic N) is 2. The third-order valence-corrected chi connectivity index (χ3v) is 6.63. The van der Waals surface area contributed by atoms with Crippen LogP contribution in [0.3, 0.4) is 0 Å². The Hall–Kier alpha value is -3.69. The third-order valence-electron chi connectivity index (χ3n) is 4.59. The Kier molecular flexibility index (Phi) is 7.47. The summed E-state index contributed by atoms with van der Waals surface area (Å²) in [4.78, 5) is 23.8. The summed E-state index contributed by atoms with van der Waals surface area (Å²) in [5, 5.41) is 13.4. The van der Waals surface area contributed by atoms with Gasteiger partial charge in [-0.25, -0.2) is 18.6 Å². The van der Waals surface area contributed by atoms with Gasteiger partial charge in [0.15, 0.2) is 0 Å². The molecule has 3 rings (SSSR count). The first-order valence-electron chi connectivity index (χ1n) is 9.67. The Morgan fingerprint density at radius 2 is 1.67 bits per heavy atom. The lowest BCUT2D eigenvalue weighted by molar-refractivity contribution is -0.119. The lowest BCUT2D eigenvalue weighted by Crippen LogP contribution is -2.39. The minimum absolute atomic E-state index is 0.0158. The van der Waals surface area contributed by atoms with Gasteiger partial charge in [-0.2, -0.15) is 5.10 Å². The SMILES string of the molecule is Cc1ccc(N(CC(=O)N/N=C\c2ccccc2C(=O)O)S(=O)(=O)c2ccc(Cl)cc2)cc1. The highest BCUT2D eigenvalue weighted by molar-refractivity contribution is 7.92. The van der Waals surface area contributed by atoms with Crippen LogP contribution in [0.25, 0.3) is 0 Å². The van der Waals surface area contributed by atoms with Gasteiger partial charge in [0.25, 0.3) is 15.9 Å². The molecular weight excluding hydrogens is 466 g/mol. The molecule has 1 amide bonds. The molecule has 0 fully saturated rings. The average Bonchev–Trinajstić information content (AvgIpc) is 2.78. The number of halogens is 1. The molecule has 0 aliphatic carbocycles. The Labute approximate surface area is 196 Å².